The quantitative estimate of drug-likeness (QED) is 0.435. The lowest BCUT2D eigenvalue weighted by molar-refractivity contribution is -0.152. The summed E-state index contributed by atoms with van der Waals surface area (Å²) in [6.45, 7) is 5.19. The topological polar surface area (TPSA) is 114 Å². The first-order chi connectivity index (χ1) is 14.6. The Balaban J connectivity index is 1.85. The molecule has 0 radical (unpaired) electrons. The summed E-state index contributed by atoms with van der Waals surface area (Å²) in [4.78, 5) is 50.9. The van der Waals surface area contributed by atoms with Gasteiger partial charge in [-0.1, -0.05) is 6.07 Å². The summed E-state index contributed by atoms with van der Waals surface area (Å²) >= 11 is 0. The van der Waals surface area contributed by atoms with Crippen molar-refractivity contribution in [3.8, 4) is 11.5 Å². The third-order valence-corrected chi connectivity index (χ3v) is 4.90. The third-order valence-electron chi connectivity index (χ3n) is 4.90. The molecule has 4 amide bonds. The van der Waals surface area contributed by atoms with Gasteiger partial charge in [-0.25, -0.2) is 4.79 Å². The van der Waals surface area contributed by atoms with Gasteiger partial charge in [0.25, 0.3) is 11.8 Å². The highest BCUT2D eigenvalue weighted by atomic mass is 16.5. The summed E-state index contributed by atoms with van der Waals surface area (Å²) in [7, 11) is 3.07. The molecule has 170 valence electrons. The van der Waals surface area contributed by atoms with Gasteiger partial charge < -0.3 is 24.4 Å². The number of carbonyl (C=O) groups is 4. The van der Waals surface area contributed by atoms with Crippen molar-refractivity contribution in [3.63, 3.8) is 0 Å². The highest BCUT2D eigenvalue weighted by Crippen LogP contribution is 2.28. The molecule has 0 aromatic heterocycles. The second kappa shape index (κ2) is 10.1. The molecule has 2 rings (SSSR count). The SMILES string of the molecule is CCN(Cc1ccc(OC)c(OC)c1)C(=O)COC(=O)CCN1C(=O)NC(C)(C)C1=O. The van der Waals surface area contributed by atoms with Crippen LogP contribution in [-0.4, -0.2) is 73.1 Å². The van der Waals surface area contributed by atoms with Crippen molar-refractivity contribution in [2.75, 3.05) is 33.9 Å². The van der Waals surface area contributed by atoms with Gasteiger partial charge in [0.1, 0.15) is 5.54 Å². The minimum absolute atomic E-state index is 0.107. The van der Waals surface area contributed by atoms with E-state index in [2.05, 4.69) is 5.32 Å². The number of likely N-dealkylation sites (N-methyl/N-ethyl adjacent to an activating group) is 1. The summed E-state index contributed by atoms with van der Waals surface area (Å²) in [5.41, 5.74) is -0.164. The highest BCUT2D eigenvalue weighted by molar-refractivity contribution is 6.06. The Hall–Kier alpha value is -3.30. The van der Waals surface area contributed by atoms with E-state index in [9.17, 15) is 19.2 Å². The van der Waals surface area contributed by atoms with E-state index in [1.165, 1.54) is 12.0 Å². The molecule has 1 aliphatic rings. The molecule has 0 spiro atoms. The smallest absolute Gasteiger partial charge is 0.325 e. The Bertz CT molecular complexity index is 853. The first-order valence-corrected chi connectivity index (χ1v) is 9.91. The molecular formula is C21H29N3O7. The standard InChI is InChI=1S/C21H29N3O7/c1-6-23(12-14-7-8-15(29-4)16(11-14)30-5)17(25)13-31-18(26)9-10-24-19(27)21(2,3)22-20(24)28/h7-8,11H,6,9-10,12-13H2,1-5H3,(H,22,28). The van der Waals surface area contributed by atoms with Crippen molar-refractivity contribution in [2.45, 2.75) is 39.3 Å². The summed E-state index contributed by atoms with van der Waals surface area (Å²) in [5.74, 6) is -0.294. The zero-order valence-corrected chi connectivity index (χ0v) is 18.5. The number of nitrogens with one attached hydrogen (secondary N) is 1. The first kappa shape index (κ1) is 24.0. The fraction of sp³-hybridized carbons (Fsp3) is 0.524. The lowest BCUT2D eigenvalue weighted by atomic mass is 10.1. The number of benzene rings is 1. The van der Waals surface area contributed by atoms with Gasteiger partial charge in [-0.2, -0.15) is 0 Å². The number of ether oxygens (including phenoxy) is 3. The number of amides is 4. The number of rotatable bonds is 10. The van der Waals surface area contributed by atoms with E-state index in [-0.39, 0.29) is 18.9 Å². The maximum absolute atomic E-state index is 12.5. The van der Waals surface area contributed by atoms with E-state index in [4.69, 9.17) is 14.2 Å². The van der Waals surface area contributed by atoms with Crippen LogP contribution in [0.1, 0.15) is 32.8 Å². The van der Waals surface area contributed by atoms with Crippen LogP contribution in [0.5, 0.6) is 11.5 Å². The molecule has 10 heteroatoms. The van der Waals surface area contributed by atoms with Gasteiger partial charge in [0.05, 0.1) is 20.6 Å². The van der Waals surface area contributed by atoms with E-state index in [0.717, 1.165) is 10.5 Å². The number of imide groups is 1. The van der Waals surface area contributed by atoms with Crippen molar-refractivity contribution >= 4 is 23.8 Å². The largest absolute Gasteiger partial charge is 0.493 e. The number of hydrogen-bond donors (Lipinski definition) is 1. The van der Waals surface area contributed by atoms with E-state index in [1.54, 1.807) is 33.1 Å². The maximum Gasteiger partial charge on any atom is 0.325 e. The summed E-state index contributed by atoms with van der Waals surface area (Å²) in [5, 5.41) is 2.54. The third kappa shape index (κ3) is 5.87. The van der Waals surface area contributed by atoms with Gasteiger partial charge in [0, 0.05) is 19.6 Å². The van der Waals surface area contributed by atoms with Gasteiger partial charge >= 0.3 is 12.0 Å². The molecule has 1 fully saturated rings. The van der Waals surface area contributed by atoms with Crippen molar-refractivity contribution in [1.29, 1.82) is 0 Å². The van der Waals surface area contributed by atoms with Crippen LogP contribution in [0.15, 0.2) is 18.2 Å². The fourth-order valence-corrected chi connectivity index (χ4v) is 3.11. The van der Waals surface area contributed by atoms with E-state index in [0.29, 0.717) is 24.6 Å². The zero-order chi connectivity index (χ0) is 23.2. The van der Waals surface area contributed by atoms with Crippen LogP contribution < -0.4 is 14.8 Å². The number of hydrogen-bond acceptors (Lipinski definition) is 7. The van der Waals surface area contributed by atoms with Crippen LogP contribution in [0.3, 0.4) is 0 Å². The zero-order valence-electron chi connectivity index (χ0n) is 18.5. The Kier molecular flexibility index (Phi) is 7.84. The number of nitrogens with zero attached hydrogens (tertiary/aromatic N) is 2. The summed E-state index contributed by atoms with van der Waals surface area (Å²) in [6, 6.07) is 4.80. The van der Waals surface area contributed by atoms with Gasteiger partial charge in [0.2, 0.25) is 0 Å². The molecular weight excluding hydrogens is 406 g/mol. The minimum atomic E-state index is -0.997. The van der Waals surface area contributed by atoms with Crippen molar-refractivity contribution in [1.82, 2.24) is 15.1 Å². The van der Waals surface area contributed by atoms with Gasteiger partial charge in [0.15, 0.2) is 18.1 Å². The van der Waals surface area contributed by atoms with Crippen LogP contribution in [0, 0.1) is 0 Å². The molecule has 1 aromatic rings. The molecule has 0 aliphatic carbocycles. The van der Waals surface area contributed by atoms with Crippen molar-refractivity contribution in [2.24, 2.45) is 0 Å². The number of esters is 1. The predicted molar refractivity (Wildman–Crippen MR) is 111 cm³/mol. The Morgan fingerprint density at radius 2 is 1.81 bits per heavy atom. The van der Waals surface area contributed by atoms with Crippen molar-refractivity contribution < 1.29 is 33.4 Å². The van der Waals surface area contributed by atoms with Crippen LogP contribution in [0.25, 0.3) is 0 Å². The van der Waals surface area contributed by atoms with Crippen LogP contribution >= 0.6 is 0 Å². The van der Waals surface area contributed by atoms with Crippen LogP contribution in [0.2, 0.25) is 0 Å². The number of methoxy groups -OCH3 is 2. The van der Waals surface area contributed by atoms with Crippen molar-refractivity contribution in [3.05, 3.63) is 23.8 Å². The Morgan fingerprint density at radius 3 is 2.35 bits per heavy atom. The molecule has 0 atom stereocenters. The van der Waals surface area contributed by atoms with E-state index >= 15 is 0 Å². The molecule has 1 heterocycles. The molecule has 1 aliphatic heterocycles. The monoisotopic (exact) mass is 435 g/mol. The lowest BCUT2D eigenvalue weighted by Gasteiger charge is -2.21. The normalized spacial score (nSPS) is 14.8. The molecule has 0 bridgehead atoms. The second-order valence-electron chi connectivity index (χ2n) is 7.52. The number of urea groups is 1. The summed E-state index contributed by atoms with van der Waals surface area (Å²) < 4.78 is 15.5. The van der Waals surface area contributed by atoms with Gasteiger partial charge in [-0.15, -0.1) is 0 Å². The van der Waals surface area contributed by atoms with E-state index in [1.807, 2.05) is 13.0 Å². The average Bonchev–Trinajstić information content (AvgIpc) is 2.94. The molecule has 0 saturated carbocycles. The molecule has 1 aromatic carbocycles. The average molecular weight is 435 g/mol. The predicted octanol–water partition coefficient (Wildman–Crippen LogP) is 1.32. The van der Waals surface area contributed by atoms with Crippen LogP contribution in [-0.2, 0) is 25.7 Å². The molecule has 31 heavy (non-hydrogen) atoms. The number of carbonyl (C=O) groups excluding carboxylic acids is 4. The highest BCUT2D eigenvalue weighted by Gasteiger charge is 2.44. The first-order valence-electron chi connectivity index (χ1n) is 9.91. The minimum Gasteiger partial charge on any atom is -0.493 e. The Labute approximate surface area is 181 Å². The fourth-order valence-electron chi connectivity index (χ4n) is 3.11. The summed E-state index contributed by atoms with van der Waals surface area (Å²) in [6.07, 6.45) is -0.190. The van der Waals surface area contributed by atoms with Gasteiger partial charge in [-0.05, 0) is 38.5 Å². The molecule has 0 unspecified atom stereocenters. The Morgan fingerprint density at radius 1 is 1.13 bits per heavy atom. The van der Waals surface area contributed by atoms with E-state index < -0.39 is 30.1 Å². The molecule has 1 N–H and O–H groups in total. The maximum atomic E-state index is 12.5. The second-order valence-corrected chi connectivity index (χ2v) is 7.52. The van der Waals surface area contributed by atoms with Gasteiger partial charge in [-0.3, -0.25) is 19.3 Å². The lowest BCUT2D eigenvalue weighted by Crippen LogP contribution is -2.40. The molecule has 1 saturated heterocycles. The molecule has 10 nitrogen and oxygen atoms in total. The van der Waals surface area contributed by atoms with Crippen LogP contribution in [0.4, 0.5) is 4.79 Å².